The van der Waals surface area contributed by atoms with E-state index in [-0.39, 0.29) is 12.5 Å². The highest BCUT2D eigenvalue weighted by atomic mass is 79.9. The van der Waals surface area contributed by atoms with Crippen LogP contribution >= 0.6 is 15.9 Å². The number of nitrogens with zero attached hydrogens (tertiary/aromatic N) is 3. The second-order valence-electron chi connectivity index (χ2n) is 7.38. The highest BCUT2D eigenvalue weighted by Crippen LogP contribution is 2.32. The molecule has 0 bridgehead atoms. The molecule has 2 unspecified atom stereocenters. The van der Waals surface area contributed by atoms with Gasteiger partial charge in [-0.15, -0.1) is 0 Å². The Labute approximate surface area is 155 Å². The van der Waals surface area contributed by atoms with Crippen molar-refractivity contribution in [2.24, 2.45) is 0 Å². The number of carbonyl (C=O) groups is 1. The second kappa shape index (κ2) is 6.94. The van der Waals surface area contributed by atoms with E-state index in [9.17, 15) is 9.18 Å². The summed E-state index contributed by atoms with van der Waals surface area (Å²) in [4.78, 5) is 13.9. The van der Waals surface area contributed by atoms with Gasteiger partial charge in [-0.1, -0.05) is 18.2 Å². The van der Waals surface area contributed by atoms with E-state index in [0.717, 1.165) is 10.9 Å². The first-order valence-electron chi connectivity index (χ1n) is 8.51. The van der Waals surface area contributed by atoms with Crippen molar-refractivity contribution in [2.75, 3.05) is 13.1 Å². The molecular formula is C18H23BrFN3O2. The van der Waals surface area contributed by atoms with Gasteiger partial charge in [0.15, 0.2) is 0 Å². The first-order valence-corrected chi connectivity index (χ1v) is 9.30. The third-order valence-corrected chi connectivity index (χ3v) is 4.91. The van der Waals surface area contributed by atoms with Crippen LogP contribution < -0.4 is 0 Å². The van der Waals surface area contributed by atoms with Crippen LogP contribution in [0, 0.1) is 0 Å². The minimum absolute atomic E-state index is 0.274. The molecule has 1 aromatic heterocycles. The van der Waals surface area contributed by atoms with Gasteiger partial charge in [0, 0.05) is 18.5 Å². The zero-order valence-electron chi connectivity index (χ0n) is 14.7. The summed E-state index contributed by atoms with van der Waals surface area (Å²) in [6.07, 6.45) is -0.677. The minimum Gasteiger partial charge on any atom is -0.444 e. The van der Waals surface area contributed by atoms with Crippen molar-refractivity contribution >= 4 is 32.9 Å². The average Bonchev–Trinajstić information content (AvgIpc) is 2.73. The van der Waals surface area contributed by atoms with E-state index in [0.29, 0.717) is 24.1 Å². The molecule has 0 saturated carbocycles. The van der Waals surface area contributed by atoms with Crippen molar-refractivity contribution in [2.45, 2.75) is 51.4 Å². The molecule has 0 spiro atoms. The predicted octanol–water partition coefficient (Wildman–Crippen LogP) is 4.71. The maximum Gasteiger partial charge on any atom is 0.410 e. The molecule has 136 valence electrons. The summed E-state index contributed by atoms with van der Waals surface area (Å²) in [5.41, 5.74) is 0.341. The molecule has 1 saturated heterocycles. The van der Waals surface area contributed by atoms with Crippen molar-refractivity contribution in [1.29, 1.82) is 0 Å². The number of hydrogen-bond donors (Lipinski definition) is 0. The van der Waals surface area contributed by atoms with Crippen LogP contribution in [-0.2, 0) is 4.74 Å². The van der Waals surface area contributed by atoms with Gasteiger partial charge in [-0.3, -0.25) is 4.68 Å². The standard InChI is InChI=1S/C18H23BrFN3O2/c1-18(2,3)25-17(24)22-10-8-13(20)15(9-11-22)23-14-7-5-4-6-12(14)16(19)21-23/h4-7,13,15H,8-11H2,1-3H3. The molecule has 5 nitrogen and oxygen atoms in total. The third kappa shape index (κ3) is 3.97. The van der Waals surface area contributed by atoms with Crippen molar-refractivity contribution in [1.82, 2.24) is 14.7 Å². The summed E-state index contributed by atoms with van der Waals surface area (Å²) in [6, 6.07) is 7.35. The molecule has 1 aliphatic rings. The van der Waals surface area contributed by atoms with Crippen LogP contribution in [0.2, 0.25) is 0 Å². The van der Waals surface area contributed by atoms with Crippen molar-refractivity contribution in [3.63, 3.8) is 0 Å². The van der Waals surface area contributed by atoms with Gasteiger partial charge in [-0.25, -0.2) is 9.18 Å². The number of hydrogen-bond acceptors (Lipinski definition) is 3. The Bertz CT molecular complexity index is 771. The summed E-state index contributed by atoms with van der Waals surface area (Å²) in [5.74, 6) is 0. The smallest absolute Gasteiger partial charge is 0.410 e. The predicted molar refractivity (Wildman–Crippen MR) is 98.4 cm³/mol. The number of ether oxygens (including phenoxy) is 1. The number of halogens is 2. The first kappa shape index (κ1) is 18.2. The highest BCUT2D eigenvalue weighted by molar-refractivity contribution is 9.10. The molecular weight excluding hydrogens is 389 g/mol. The van der Waals surface area contributed by atoms with Gasteiger partial charge in [-0.2, -0.15) is 5.10 Å². The van der Waals surface area contributed by atoms with Crippen LogP contribution in [0.1, 0.15) is 39.7 Å². The van der Waals surface area contributed by atoms with Gasteiger partial charge in [0.05, 0.1) is 11.6 Å². The van der Waals surface area contributed by atoms with Crippen molar-refractivity contribution in [3.05, 3.63) is 28.9 Å². The zero-order chi connectivity index (χ0) is 18.2. The molecule has 1 aliphatic heterocycles. The number of likely N-dealkylation sites (tertiary alicyclic amines) is 1. The third-order valence-electron chi connectivity index (χ3n) is 4.32. The van der Waals surface area contributed by atoms with Crippen LogP contribution in [0.15, 0.2) is 28.9 Å². The fourth-order valence-electron chi connectivity index (χ4n) is 3.14. The van der Waals surface area contributed by atoms with E-state index in [4.69, 9.17) is 4.74 Å². The molecule has 7 heteroatoms. The normalized spacial score (nSPS) is 22.0. The van der Waals surface area contributed by atoms with E-state index in [1.54, 1.807) is 9.58 Å². The number of rotatable bonds is 1. The Kier molecular flexibility index (Phi) is 5.04. The molecule has 25 heavy (non-hydrogen) atoms. The number of aromatic nitrogens is 2. The van der Waals surface area contributed by atoms with Crippen LogP contribution in [0.4, 0.5) is 9.18 Å². The molecule has 2 atom stereocenters. The van der Waals surface area contributed by atoms with E-state index in [2.05, 4.69) is 21.0 Å². The van der Waals surface area contributed by atoms with Gasteiger partial charge < -0.3 is 9.64 Å². The largest absolute Gasteiger partial charge is 0.444 e. The molecule has 3 rings (SSSR count). The maximum atomic E-state index is 14.9. The number of benzene rings is 1. The lowest BCUT2D eigenvalue weighted by molar-refractivity contribution is 0.0254. The van der Waals surface area contributed by atoms with Crippen LogP contribution in [-0.4, -0.2) is 45.6 Å². The van der Waals surface area contributed by atoms with Crippen molar-refractivity contribution < 1.29 is 13.9 Å². The maximum absolute atomic E-state index is 14.9. The number of fused-ring (bicyclic) bond motifs is 1. The SMILES string of the molecule is CC(C)(C)OC(=O)N1CCC(F)C(n2nc(Br)c3ccccc32)CC1. The highest BCUT2D eigenvalue weighted by Gasteiger charge is 2.32. The monoisotopic (exact) mass is 411 g/mol. The fraction of sp³-hybridized carbons (Fsp3) is 0.556. The Morgan fingerprint density at radius 2 is 1.96 bits per heavy atom. The summed E-state index contributed by atoms with van der Waals surface area (Å²) in [7, 11) is 0. The lowest BCUT2D eigenvalue weighted by Crippen LogP contribution is -2.37. The van der Waals surface area contributed by atoms with Gasteiger partial charge in [0.2, 0.25) is 0 Å². The molecule has 0 aliphatic carbocycles. The van der Waals surface area contributed by atoms with E-state index >= 15 is 0 Å². The zero-order valence-corrected chi connectivity index (χ0v) is 16.3. The van der Waals surface area contributed by atoms with Gasteiger partial charge in [0.1, 0.15) is 16.4 Å². The van der Waals surface area contributed by atoms with Gasteiger partial charge in [0.25, 0.3) is 0 Å². The Hall–Kier alpha value is -1.63. The Morgan fingerprint density at radius 1 is 1.28 bits per heavy atom. The molecule has 1 aromatic carbocycles. The summed E-state index contributed by atoms with van der Waals surface area (Å²) < 4.78 is 22.7. The summed E-state index contributed by atoms with van der Waals surface area (Å²) >= 11 is 3.45. The molecule has 1 amide bonds. The van der Waals surface area contributed by atoms with Crippen LogP contribution in [0.3, 0.4) is 0 Å². The molecule has 0 radical (unpaired) electrons. The Balaban J connectivity index is 1.81. The number of alkyl halides is 1. The molecule has 0 N–H and O–H groups in total. The Morgan fingerprint density at radius 3 is 2.68 bits per heavy atom. The fourth-order valence-corrected chi connectivity index (χ4v) is 3.65. The topological polar surface area (TPSA) is 47.4 Å². The van der Waals surface area contributed by atoms with E-state index in [1.165, 1.54) is 0 Å². The van der Waals surface area contributed by atoms with Crippen molar-refractivity contribution in [3.8, 4) is 0 Å². The van der Waals surface area contributed by atoms with Gasteiger partial charge in [-0.05, 0) is 55.6 Å². The molecule has 2 heterocycles. The second-order valence-corrected chi connectivity index (χ2v) is 8.13. The first-order chi connectivity index (χ1) is 11.8. The quantitative estimate of drug-likeness (QED) is 0.682. The van der Waals surface area contributed by atoms with Gasteiger partial charge >= 0.3 is 6.09 Å². The van der Waals surface area contributed by atoms with Crippen LogP contribution in [0.25, 0.3) is 10.9 Å². The average molecular weight is 412 g/mol. The van der Waals surface area contributed by atoms with E-state index < -0.39 is 17.8 Å². The lowest BCUT2D eigenvalue weighted by Gasteiger charge is -2.26. The summed E-state index contributed by atoms with van der Waals surface area (Å²) in [6.45, 7) is 6.30. The number of amides is 1. The number of para-hydroxylation sites is 1. The minimum atomic E-state index is -1.07. The molecule has 1 fully saturated rings. The molecule has 2 aromatic rings. The number of carbonyl (C=O) groups excluding carboxylic acids is 1. The van der Waals surface area contributed by atoms with Crippen LogP contribution in [0.5, 0.6) is 0 Å². The van der Waals surface area contributed by atoms with E-state index in [1.807, 2.05) is 45.0 Å². The summed E-state index contributed by atoms with van der Waals surface area (Å²) in [5, 5.41) is 5.45. The lowest BCUT2D eigenvalue weighted by atomic mass is 10.1.